The van der Waals surface area contributed by atoms with E-state index in [-0.39, 0.29) is 11.9 Å². The number of nitrogens with zero attached hydrogens (tertiary/aromatic N) is 1. The lowest BCUT2D eigenvalue weighted by molar-refractivity contribution is 0.0940. The molecule has 0 aliphatic rings. The van der Waals surface area contributed by atoms with Gasteiger partial charge in [-0.1, -0.05) is 54.6 Å². The second-order valence-electron chi connectivity index (χ2n) is 6.58. The Labute approximate surface area is 158 Å². The van der Waals surface area contributed by atoms with Crippen molar-refractivity contribution in [3.05, 3.63) is 102 Å². The molecule has 0 saturated carbocycles. The zero-order chi connectivity index (χ0) is 18.6. The van der Waals surface area contributed by atoms with Crippen LogP contribution in [-0.2, 0) is 0 Å². The van der Waals surface area contributed by atoms with Crippen LogP contribution in [0.4, 0.5) is 0 Å². The molecule has 3 nitrogen and oxygen atoms in total. The van der Waals surface area contributed by atoms with E-state index in [2.05, 4.69) is 34.6 Å². The molecule has 132 valence electrons. The van der Waals surface area contributed by atoms with Crippen molar-refractivity contribution in [3.8, 4) is 11.1 Å². The molecule has 1 amide bonds. The van der Waals surface area contributed by atoms with Crippen LogP contribution in [0.3, 0.4) is 0 Å². The Bertz CT molecular complexity index is 1070. The van der Waals surface area contributed by atoms with E-state index in [0.29, 0.717) is 5.56 Å². The molecule has 4 aromatic rings. The smallest absolute Gasteiger partial charge is 0.251 e. The van der Waals surface area contributed by atoms with Crippen LogP contribution < -0.4 is 5.32 Å². The minimum Gasteiger partial charge on any atom is -0.345 e. The van der Waals surface area contributed by atoms with E-state index in [4.69, 9.17) is 0 Å². The predicted molar refractivity (Wildman–Crippen MR) is 110 cm³/mol. The van der Waals surface area contributed by atoms with Crippen LogP contribution in [-0.4, -0.2) is 10.9 Å². The van der Waals surface area contributed by atoms with E-state index in [1.165, 1.54) is 10.8 Å². The third-order valence-corrected chi connectivity index (χ3v) is 4.80. The minimum absolute atomic E-state index is 0.0725. The topological polar surface area (TPSA) is 42.0 Å². The summed E-state index contributed by atoms with van der Waals surface area (Å²) >= 11 is 0. The fourth-order valence-electron chi connectivity index (χ4n) is 3.34. The molecule has 0 aliphatic heterocycles. The molecule has 0 spiro atoms. The molecular formula is C24H20N2O. The Hall–Kier alpha value is -3.46. The van der Waals surface area contributed by atoms with Gasteiger partial charge in [-0.25, -0.2) is 0 Å². The van der Waals surface area contributed by atoms with E-state index in [1.54, 1.807) is 12.4 Å². The maximum Gasteiger partial charge on any atom is 0.251 e. The van der Waals surface area contributed by atoms with Crippen molar-refractivity contribution in [2.75, 3.05) is 0 Å². The first-order valence-corrected chi connectivity index (χ1v) is 9.01. The molecule has 3 heteroatoms. The van der Waals surface area contributed by atoms with Crippen LogP contribution in [0.15, 0.2) is 91.3 Å². The second kappa shape index (κ2) is 7.42. The van der Waals surface area contributed by atoms with Crippen LogP contribution in [0.25, 0.3) is 21.9 Å². The van der Waals surface area contributed by atoms with Gasteiger partial charge in [0.25, 0.3) is 5.91 Å². The van der Waals surface area contributed by atoms with E-state index in [9.17, 15) is 4.79 Å². The molecule has 0 radical (unpaired) electrons. The average molecular weight is 352 g/mol. The maximum absolute atomic E-state index is 12.7. The highest BCUT2D eigenvalue weighted by molar-refractivity contribution is 5.95. The van der Waals surface area contributed by atoms with E-state index in [1.807, 2.05) is 61.5 Å². The summed E-state index contributed by atoms with van der Waals surface area (Å²) in [4.78, 5) is 16.7. The highest BCUT2D eigenvalue weighted by Crippen LogP contribution is 2.24. The van der Waals surface area contributed by atoms with Gasteiger partial charge in [-0.3, -0.25) is 9.78 Å². The Kier molecular flexibility index (Phi) is 4.67. The third kappa shape index (κ3) is 3.58. The van der Waals surface area contributed by atoms with Gasteiger partial charge in [-0.2, -0.15) is 0 Å². The first-order valence-electron chi connectivity index (χ1n) is 9.01. The quantitative estimate of drug-likeness (QED) is 0.535. The minimum atomic E-state index is -0.0801. The first kappa shape index (κ1) is 17.0. The van der Waals surface area contributed by atoms with Crippen molar-refractivity contribution in [1.82, 2.24) is 10.3 Å². The summed E-state index contributed by atoms with van der Waals surface area (Å²) in [5.74, 6) is -0.0725. The number of aromatic nitrogens is 1. The molecule has 0 saturated heterocycles. The number of hydrogen-bond acceptors (Lipinski definition) is 2. The zero-order valence-corrected chi connectivity index (χ0v) is 15.1. The summed E-state index contributed by atoms with van der Waals surface area (Å²) in [6, 6.07) is 25.9. The Morgan fingerprint density at radius 3 is 2.26 bits per heavy atom. The molecule has 1 atom stereocenters. The van der Waals surface area contributed by atoms with E-state index in [0.717, 1.165) is 16.7 Å². The highest BCUT2D eigenvalue weighted by Gasteiger charge is 2.13. The largest absolute Gasteiger partial charge is 0.345 e. The summed E-state index contributed by atoms with van der Waals surface area (Å²) in [5, 5.41) is 5.46. The number of carbonyl (C=O) groups excluding carboxylic acids is 1. The Balaban J connectivity index is 1.53. The van der Waals surface area contributed by atoms with E-state index >= 15 is 0 Å². The van der Waals surface area contributed by atoms with Crippen LogP contribution in [0.2, 0.25) is 0 Å². The van der Waals surface area contributed by atoms with Crippen molar-refractivity contribution in [1.29, 1.82) is 0 Å². The van der Waals surface area contributed by atoms with E-state index < -0.39 is 0 Å². The van der Waals surface area contributed by atoms with Crippen LogP contribution in [0.5, 0.6) is 0 Å². The maximum atomic E-state index is 12.7. The Morgan fingerprint density at radius 1 is 0.815 bits per heavy atom. The molecule has 27 heavy (non-hydrogen) atoms. The summed E-state index contributed by atoms with van der Waals surface area (Å²) in [6.07, 6.45) is 3.53. The molecule has 0 unspecified atom stereocenters. The van der Waals surface area contributed by atoms with Crippen molar-refractivity contribution in [2.45, 2.75) is 13.0 Å². The fourth-order valence-corrected chi connectivity index (χ4v) is 3.34. The number of nitrogens with one attached hydrogen (secondary N) is 1. The predicted octanol–water partition coefficient (Wildman–Crippen LogP) is 5.39. The van der Waals surface area contributed by atoms with Crippen LogP contribution in [0.1, 0.15) is 28.9 Å². The number of amides is 1. The second-order valence-corrected chi connectivity index (χ2v) is 6.58. The fraction of sp³-hybridized carbons (Fsp3) is 0.0833. The van der Waals surface area contributed by atoms with Gasteiger partial charge in [0.05, 0.1) is 6.04 Å². The van der Waals surface area contributed by atoms with Gasteiger partial charge in [-0.05, 0) is 58.7 Å². The van der Waals surface area contributed by atoms with Crippen LogP contribution in [0, 0.1) is 0 Å². The number of pyridine rings is 1. The van der Waals surface area contributed by atoms with Gasteiger partial charge in [0.15, 0.2) is 0 Å². The van der Waals surface area contributed by atoms with Gasteiger partial charge >= 0.3 is 0 Å². The van der Waals surface area contributed by atoms with Crippen molar-refractivity contribution >= 4 is 16.7 Å². The number of fused-ring (bicyclic) bond motifs is 1. The lowest BCUT2D eigenvalue weighted by atomic mass is 9.99. The molecule has 0 fully saturated rings. The number of benzene rings is 3. The SMILES string of the molecule is C[C@@H](NC(=O)c1ccc(-c2ccncc2)cc1)c1cccc2ccccc12. The first-order chi connectivity index (χ1) is 13.2. The highest BCUT2D eigenvalue weighted by atomic mass is 16.1. The monoisotopic (exact) mass is 352 g/mol. The Morgan fingerprint density at radius 2 is 1.48 bits per heavy atom. The number of hydrogen-bond donors (Lipinski definition) is 1. The van der Waals surface area contributed by atoms with Crippen molar-refractivity contribution < 1.29 is 4.79 Å². The average Bonchev–Trinajstić information content (AvgIpc) is 2.74. The lowest BCUT2D eigenvalue weighted by Crippen LogP contribution is -2.26. The van der Waals surface area contributed by atoms with Gasteiger partial charge < -0.3 is 5.32 Å². The van der Waals surface area contributed by atoms with Gasteiger partial charge in [-0.15, -0.1) is 0 Å². The molecular weight excluding hydrogens is 332 g/mol. The number of carbonyl (C=O) groups is 1. The summed E-state index contributed by atoms with van der Waals surface area (Å²) < 4.78 is 0. The lowest BCUT2D eigenvalue weighted by Gasteiger charge is -2.17. The summed E-state index contributed by atoms with van der Waals surface area (Å²) in [6.45, 7) is 2.02. The normalized spacial score (nSPS) is 11.9. The van der Waals surface area contributed by atoms with Crippen molar-refractivity contribution in [3.63, 3.8) is 0 Å². The molecule has 0 aliphatic carbocycles. The molecule has 1 heterocycles. The van der Waals surface area contributed by atoms with Gasteiger partial charge in [0.2, 0.25) is 0 Å². The van der Waals surface area contributed by atoms with Crippen LogP contribution >= 0.6 is 0 Å². The van der Waals surface area contributed by atoms with Gasteiger partial charge in [0.1, 0.15) is 0 Å². The standard InChI is InChI=1S/C24H20N2O/c1-17(22-8-4-6-20-5-2-3-7-23(20)22)26-24(27)21-11-9-18(10-12-21)19-13-15-25-16-14-19/h2-17H,1H3,(H,26,27)/t17-/m1/s1. The number of rotatable bonds is 4. The molecule has 3 aromatic carbocycles. The molecule has 1 aromatic heterocycles. The molecule has 0 bridgehead atoms. The zero-order valence-electron chi connectivity index (χ0n) is 15.1. The van der Waals surface area contributed by atoms with Crippen molar-refractivity contribution in [2.24, 2.45) is 0 Å². The summed E-state index contributed by atoms with van der Waals surface area (Å²) in [5.41, 5.74) is 3.92. The molecule has 4 rings (SSSR count). The third-order valence-electron chi connectivity index (χ3n) is 4.80. The summed E-state index contributed by atoms with van der Waals surface area (Å²) in [7, 11) is 0. The van der Waals surface area contributed by atoms with Gasteiger partial charge in [0, 0.05) is 18.0 Å². The molecule has 1 N–H and O–H groups in total.